The summed E-state index contributed by atoms with van der Waals surface area (Å²) in [7, 11) is 0. The average molecular weight is 268 g/mol. The lowest BCUT2D eigenvalue weighted by atomic mass is 9.90. The summed E-state index contributed by atoms with van der Waals surface area (Å²) < 4.78 is 0. The van der Waals surface area contributed by atoms with Crippen LogP contribution in [0, 0.1) is 5.92 Å². The molecule has 3 nitrogen and oxygen atoms in total. The van der Waals surface area contributed by atoms with Crippen LogP contribution in [0.3, 0.4) is 0 Å². The Kier molecular flexibility index (Phi) is 8.11. The Bertz CT molecular complexity index is 247. The predicted molar refractivity (Wildman–Crippen MR) is 81.2 cm³/mol. The molecule has 19 heavy (non-hydrogen) atoms. The number of hydrogen-bond donors (Lipinski definition) is 1. The Hall–Kier alpha value is -0.570. The Morgan fingerprint density at radius 3 is 2.37 bits per heavy atom. The van der Waals surface area contributed by atoms with Gasteiger partial charge in [-0.15, -0.1) is 0 Å². The molecular formula is C16H32N2O. The molecule has 0 saturated carbocycles. The topological polar surface area (TPSA) is 32.3 Å². The van der Waals surface area contributed by atoms with Crippen molar-refractivity contribution < 1.29 is 4.79 Å². The fourth-order valence-electron chi connectivity index (χ4n) is 2.76. The second-order valence-corrected chi connectivity index (χ2v) is 5.97. The van der Waals surface area contributed by atoms with E-state index >= 15 is 0 Å². The minimum Gasteiger partial charge on any atom is -0.343 e. The molecule has 0 aromatic heterocycles. The normalized spacial score (nSPS) is 23.3. The van der Waals surface area contributed by atoms with Crippen molar-refractivity contribution in [2.24, 2.45) is 5.92 Å². The zero-order valence-corrected chi connectivity index (χ0v) is 13.1. The van der Waals surface area contributed by atoms with Crippen molar-refractivity contribution in [1.82, 2.24) is 10.2 Å². The largest absolute Gasteiger partial charge is 0.343 e. The van der Waals surface area contributed by atoms with Gasteiger partial charge in [0.25, 0.3) is 0 Å². The van der Waals surface area contributed by atoms with Crippen LogP contribution in [-0.2, 0) is 4.79 Å². The predicted octanol–water partition coefficient (Wildman–Crippen LogP) is 3.19. The van der Waals surface area contributed by atoms with Crippen LogP contribution in [0.4, 0.5) is 0 Å². The third-order valence-electron chi connectivity index (χ3n) is 4.24. The highest BCUT2D eigenvalue weighted by molar-refractivity contribution is 5.76. The lowest BCUT2D eigenvalue weighted by Crippen LogP contribution is -2.44. The van der Waals surface area contributed by atoms with Crippen LogP contribution in [0.15, 0.2) is 0 Å². The first kappa shape index (κ1) is 16.5. The van der Waals surface area contributed by atoms with E-state index in [1.54, 1.807) is 0 Å². The van der Waals surface area contributed by atoms with Gasteiger partial charge in [0, 0.05) is 25.6 Å². The van der Waals surface area contributed by atoms with Gasteiger partial charge in [0.05, 0.1) is 0 Å². The van der Waals surface area contributed by atoms with Crippen molar-refractivity contribution in [3.8, 4) is 0 Å². The second-order valence-electron chi connectivity index (χ2n) is 5.97. The molecule has 0 bridgehead atoms. The second kappa shape index (κ2) is 9.35. The van der Waals surface area contributed by atoms with E-state index in [0.717, 1.165) is 45.3 Å². The average Bonchev–Trinajstić information content (AvgIpc) is 2.41. The maximum atomic E-state index is 12.5. The van der Waals surface area contributed by atoms with Gasteiger partial charge in [-0.1, -0.05) is 33.6 Å². The van der Waals surface area contributed by atoms with E-state index in [0.29, 0.717) is 24.3 Å². The molecule has 1 rings (SSSR count). The summed E-state index contributed by atoms with van der Waals surface area (Å²) in [5, 5.41) is 3.52. The number of nitrogens with zero attached hydrogens (tertiary/aromatic N) is 1. The summed E-state index contributed by atoms with van der Waals surface area (Å²) in [5.41, 5.74) is 0. The maximum Gasteiger partial charge on any atom is 0.224 e. The number of carbonyl (C=O) groups is 1. The number of carbonyl (C=O) groups excluding carboxylic acids is 1. The monoisotopic (exact) mass is 268 g/mol. The molecule has 1 heterocycles. The Morgan fingerprint density at radius 1 is 1.21 bits per heavy atom. The number of piperidine rings is 1. The summed E-state index contributed by atoms with van der Waals surface area (Å²) in [6.07, 6.45) is 7.78. The number of unbranched alkanes of at least 4 members (excludes halogenated alkanes) is 2. The molecule has 2 atom stereocenters. The molecule has 0 spiro atoms. The first-order valence-corrected chi connectivity index (χ1v) is 8.20. The Morgan fingerprint density at radius 2 is 1.84 bits per heavy atom. The molecule has 0 aliphatic carbocycles. The van der Waals surface area contributed by atoms with Crippen molar-refractivity contribution in [3.05, 3.63) is 0 Å². The molecule has 1 aliphatic heterocycles. The van der Waals surface area contributed by atoms with Gasteiger partial charge < -0.3 is 10.2 Å². The zero-order chi connectivity index (χ0) is 14.1. The van der Waals surface area contributed by atoms with Crippen LogP contribution in [0.5, 0.6) is 0 Å². The lowest BCUT2D eigenvalue weighted by molar-refractivity contribution is -0.132. The Labute approximate surface area is 119 Å². The molecule has 2 unspecified atom stereocenters. The SMILES string of the molecule is CCCCN(CCCC)C(=O)CC1NCCCC1C. The third-order valence-corrected chi connectivity index (χ3v) is 4.24. The van der Waals surface area contributed by atoms with Gasteiger partial charge in [0.2, 0.25) is 5.91 Å². The van der Waals surface area contributed by atoms with Crippen molar-refractivity contribution >= 4 is 5.91 Å². The van der Waals surface area contributed by atoms with E-state index in [9.17, 15) is 4.79 Å². The van der Waals surface area contributed by atoms with Crippen LogP contribution < -0.4 is 5.32 Å². The highest BCUT2D eigenvalue weighted by Crippen LogP contribution is 2.19. The van der Waals surface area contributed by atoms with Crippen molar-refractivity contribution in [3.63, 3.8) is 0 Å². The van der Waals surface area contributed by atoms with Crippen LogP contribution >= 0.6 is 0 Å². The first-order valence-electron chi connectivity index (χ1n) is 8.20. The smallest absolute Gasteiger partial charge is 0.224 e. The van der Waals surface area contributed by atoms with Crippen LogP contribution in [-0.4, -0.2) is 36.5 Å². The number of hydrogen-bond acceptors (Lipinski definition) is 2. The lowest BCUT2D eigenvalue weighted by Gasteiger charge is -2.32. The van der Waals surface area contributed by atoms with Gasteiger partial charge in [0.1, 0.15) is 0 Å². The molecule has 0 aromatic rings. The summed E-state index contributed by atoms with van der Waals surface area (Å²) in [4.78, 5) is 14.5. The van der Waals surface area contributed by atoms with Gasteiger partial charge >= 0.3 is 0 Å². The minimum atomic E-state index is 0.355. The molecule has 3 heteroatoms. The fraction of sp³-hybridized carbons (Fsp3) is 0.938. The zero-order valence-electron chi connectivity index (χ0n) is 13.1. The van der Waals surface area contributed by atoms with Gasteiger partial charge in [-0.05, 0) is 38.1 Å². The van der Waals surface area contributed by atoms with Crippen molar-refractivity contribution in [1.29, 1.82) is 0 Å². The van der Waals surface area contributed by atoms with Gasteiger partial charge in [-0.25, -0.2) is 0 Å². The molecule has 0 aromatic carbocycles. The minimum absolute atomic E-state index is 0.355. The summed E-state index contributed by atoms with van der Waals surface area (Å²) in [5.74, 6) is 0.991. The van der Waals surface area contributed by atoms with E-state index in [4.69, 9.17) is 0 Å². The van der Waals surface area contributed by atoms with E-state index < -0.39 is 0 Å². The fourth-order valence-corrected chi connectivity index (χ4v) is 2.76. The standard InChI is InChI=1S/C16H32N2O/c1-4-6-11-18(12-7-5-2)16(19)13-15-14(3)9-8-10-17-15/h14-15,17H,4-13H2,1-3H3. The van der Waals surface area contributed by atoms with Crippen LogP contribution in [0.2, 0.25) is 0 Å². The van der Waals surface area contributed by atoms with E-state index in [1.807, 2.05) is 0 Å². The number of amides is 1. The molecule has 1 N–H and O–H groups in total. The first-order chi connectivity index (χ1) is 9.19. The van der Waals surface area contributed by atoms with Gasteiger partial charge in [0.15, 0.2) is 0 Å². The molecule has 1 amide bonds. The molecule has 112 valence electrons. The highest BCUT2D eigenvalue weighted by atomic mass is 16.2. The third kappa shape index (κ3) is 5.94. The van der Waals surface area contributed by atoms with E-state index in [1.165, 1.54) is 12.8 Å². The molecule has 1 saturated heterocycles. The Balaban J connectivity index is 2.44. The van der Waals surface area contributed by atoms with Crippen LogP contribution in [0.25, 0.3) is 0 Å². The van der Waals surface area contributed by atoms with E-state index in [-0.39, 0.29) is 0 Å². The number of nitrogens with one attached hydrogen (secondary N) is 1. The summed E-state index contributed by atoms with van der Waals surface area (Å²) >= 11 is 0. The summed E-state index contributed by atoms with van der Waals surface area (Å²) in [6.45, 7) is 9.60. The number of rotatable bonds is 8. The molecule has 1 fully saturated rings. The van der Waals surface area contributed by atoms with Gasteiger partial charge in [-0.3, -0.25) is 4.79 Å². The van der Waals surface area contributed by atoms with E-state index in [2.05, 4.69) is 31.0 Å². The molecule has 0 radical (unpaired) electrons. The van der Waals surface area contributed by atoms with Crippen molar-refractivity contribution in [2.75, 3.05) is 19.6 Å². The highest BCUT2D eigenvalue weighted by Gasteiger charge is 2.25. The summed E-state index contributed by atoms with van der Waals surface area (Å²) in [6, 6.07) is 0.395. The van der Waals surface area contributed by atoms with Crippen LogP contribution in [0.1, 0.15) is 65.7 Å². The van der Waals surface area contributed by atoms with Gasteiger partial charge in [-0.2, -0.15) is 0 Å². The molecule has 1 aliphatic rings. The van der Waals surface area contributed by atoms with Crippen molar-refractivity contribution in [2.45, 2.75) is 71.8 Å². The maximum absolute atomic E-state index is 12.5. The quantitative estimate of drug-likeness (QED) is 0.733. The molecular weight excluding hydrogens is 236 g/mol.